The number of fused-ring (bicyclic) bond motifs is 1. The van der Waals surface area contributed by atoms with Crippen LogP contribution >= 0.6 is 0 Å². The molecule has 0 radical (unpaired) electrons. The van der Waals surface area contributed by atoms with Gasteiger partial charge < -0.3 is 10.5 Å². The van der Waals surface area contributed by atoms with Crippen LogP contribution in [-0.4, -0.2) is 24.6 Å². The van der Waals surface area contributed by atoms with Gasteiger partial charge in [0.05, 0.1) is 6.61 Å². The maximum atomic E-state index is 6.09. The molecule has 2 aliphatic rings. The summed E-state index contributed by atoms with van der Waals surface area (Å²) >= 11 is 0. The molecule has 2 aliphatic heterocycles. The maximum Gasteiger partial charge on any atom is 0.124 e. The summed E-state index contributed by atoms with van der Waals surface area (Å²) in [6.07, 6.45) is 5.00. The molecule has 1 aromatic carbocycles. The van der Waals surface area contributed by atoms with Crippen LogP contribution in [0.3, 0.4) is 0 Å². The molecule has 98 valence electrons. The lowest BCUT2D eigenvalue weighted by molar-refractivity contribution is 0.220. The Bertz CT molecular complexity index is 413. The van der Waals surface area contributed by atoms with Crippen LogP contribution in [0.25, 0.3) is 0 Å². The molecule has 0 bridgehead atoms. The van der Waals surface area contributed by atoms with Crippen LogP contribution in [0.15, 0.2) is 18.2 Å². The zero-order valence-corrected chi connectivity index (χ0v) is 10.9. The van der Waals surface area contributed by atoms with Crippen LogP contribution in [0.1, 0.15) is 42.9 Å². The molecular formula is C15H22N2O. The number of hydrogen-bond acceptors (Lipinski definition) is 3. The molecule has 18 heavy (non-hydrogen) atoms. The fourth-order valence-electron chi connectivity index (χ4n) is 2.94. The van der Waals surface area contributed by atoms with Crippen molar-refractivity contribution in [3.8, 4) is 5.75 Å². The summed E-state index contributed by atoms with van der Waals surface area (Å²) in [5.74, 6) is 1.00. The molecule has 0 aromatic heterocycles. The van der Waals surface area contributed by atoms with Crippen LogP contribution in [0.5, 0.6) is 5.75 Å². The second-order valence-electron chi connectivity index (χ2n) is 5.45. The van der Waals surface area contributed by atoms with E-state index in [1.807, 2.05) is 0 Å². The summed E-state index contributed by atoms with van der Waals surface area (Å²) in [6.45, 7) is 4.27. The van der Waals surface area contributed by atoms with Gasteiger partial charge in [0.2, 0.25) is 0 Å². The molecule has 2 heterocycles. The van der Waals surface area contributed by atoms with Crippen LogP contribution in [-0.2, 0) is 6.54 Å². The lowest BCUT2D eigenvalue weighted by Gasteiger charge is -2.28. The molecule has 0 unspecified atom stereocenters. The largest absolute Gasteiger partial charge is 0.493 e. The third kappa shape index (κ3) is 2.52. The molecule has 1 aromatic rings. The Labute approximate surface area is 109 Å². The summed E-state index contributed by atoms with van der Waals surface area (Å²) in [6, 6.07) is 6.70. The van der Waals surface area contributed by atoms with Crippen molar-refractivity contribution in [3.05, 3.63) is 29.3 Å². The third-order valence-electron chi connectivity index (χ3n) is 4.02. The maximum absolute atomic E-state index is 6.09. The van der Waals surface area contributed by atoms with Gasteiger partial charge in [-0.2, -0.15) is 0 Å². The van der Waals surface area contributed by atoms with Gasteiger partial charge in [0, 0.05) is 24.6 Å². The summed E-state index contributed by atoms with van der Waals surface area (Å²) in [5.41, 5.74) is 8.61. The highest BCUT2D eigenvalue weighted by Crippen LogP contribution is 2.31. The van der Waals surface area contributed by atoms with Gasteiger partial charge in [-0.15, -0.1) is 0 Å². The number of piperidine rings is 1. The molecule has 1 fully saturated rings. The van der Waals surface area contributed by atoms with Crippen molar-refractivity contribution in [2.45, 2.75) is 38.3 Å². The van der Waals surface area contributed by atoms with E-state index in [-0.39, 0.29) is 6.04 Å². The fraction of sp³-hybridized carbons (Fsp3) is 0.600. The second kappa shape index (κ2) is 5.29. The lowest BCUT2D eigenvalue weighted by Crippen LogP contribution is -2.29. The number of hydrogen-bond donors (Lipinski definition) is 1. The number of ether oxygens (including phenoxy) is 1. The Morgan fingerprint density at radius 1 is 1.22 bits per heavy atom. The van der Waals surface area contributed by atoms with Gasteiger partial charge in [0.25, 0.3) is 0 Å². The average Bonchev–Trinajstić information content (AvgIpc) is 2.40. The van der Waals surface area contributed by atoms with E-state index in [0.29, 0.717) is 0 Å². The average molecular weight is 246 g/mol. The predicted molar refractivity (Wildman–Crippen MR) is 72.6 cm³/mol. The number of likely N-dealkylation sites (tertiary alicyclic amines) is 1. The van der Waals surface area contributed by atoms with Crippen molar-refractivity contribution in [1.82, 2.24) is 4.90 Å². The molecule has 0 saturated carbocycles. The zero-order valence-electron chi connectivity index (χ0n) is 10.9. The smallest absolute Gasteiger partial charge is 0.124 e. The minimum atomic E-state index is 0.151. The molecule has 0 aliphatic carbocycles. The van der Waals surface area contributed by atoms with Crippen molar-refractivity contribution in [2.24, 2.45) is 5.73 Å². The van der Waals surface area contributed by atoms with Crippen molar-refractivity contribution < 1.29 is 4.74 Å². The highest BCUT2D eigenvalue weighted by molar-refractivity contribution is 5.40. The molecular weight excluding hydrogens is 224 g/mol. The van der Waals surface area contributed by atoms with Gasteiger partial charge in [-0.3, -0.25) is 4.90 Å². The normalized spacial score (nSPS) is 24.4. The Morgan fingerprint density at radius 3 is 2.89 bits per heavy atom. The third-order valence-corrected chi connectivity index (χ3v) is 4.02. The van der Waals surface area contributed by atoms with Crippen molar-refractivity contribution >= 4 is 0 Å². The molecule has 1 saturated heterocycles. The van der Waals surface area contributed by atoms with Gasteiger partial charge in [-0.25, -0.2) is 0 Å². The molecule has 0 amide bonds. The topological polar surface area (TPSA) is 38.5 Å². The molecule has 3 nitrogen and oxygen atoms in total. The van der Waals surface area contributed by atoms with Crippen LogP contribution in [0.2, 0.25) is 0 Å². The van der Waals surface area contributed by atoms with Crippen LogP contribution in [0, 0.1) is 0 Å². The van der Waals surface area contributed by atoms with Crippen molar-refractivity contribution in [1.29, 1.82) is 0 Å². The molecule has 0 spiro atoms. The highest BCUT2D eigenvalue weighted by Gasteiger charge is 2.18. The van der Waals surface area contributed by atoms with E-state index in [0.717, 1.165) is 25.3 Å². The minimum absolute atomic E-state index is 0.151. The fourth-order valence-corrected chi connectivity index (χ4v) is 2.94. The highest BCUT2D eigenvalue weighted by atomic mass is 16.5. The summed E-state index contributed by atoms with van der Waals surface area (Å²) < 4.78 is 5.73. The molecule has 3 heteroatoms. The lowest BCUT2D eigenvalue weighted by atomic mass is 9.99. The number of rotatable bonds is 2. The molecule has 2 N–H and O–H groups in total. The van der Waals surface area contributed by atoms with Crippen molar-refractivity contribution in [3.63, 3.8) is 0 Å². The van der Waals surface area contributed by atoms with Gasteiger partial charge in [-0.1, -0.05) is 18.6 Å². The zero-order chi connectivity index (χ0) is 12.4. The first-order valence-corrected chi connectivity index (χ1v) is 7.06. The Balaban J connectivity index is 1.73. The molecule has 3 rings (SSSR count). The minimum Gasteiger partial charge on any atom is -0.493 e. The Kier molecular flexibility index (Phi) is 3.52. The van der Waals surface area contributed by atoms with E-state index in [1.54, 1.807) is 0 Å². The van der Waals surface area contributed by atoms with E-state index in [2.05, 4.69) is 23.1 Å². The standard InChI is InChI=1S/C15H22N2O/c16-14-6-9-18-15-10-12(4-5-13(14)15)11-17-7-2-1-3-8-17/h4-5,10,14H,1-3,6-9,11,16H2/t14-/m1/s1. The summed E-state index contributed by atoms with van der Waals surface area (Å²) in [5, 5.41) is 0. The van der Waals surface area contributed by atoms with Crippen molar-refractivity contribution in [2.75, 3.05) is 19.7 Å². The first-order valence-electron chi connectivity index (χ1n) is 7.06. The van der Waals surface area contributed by atoms with Gasteiger partial charge in [0.1, 0.15) is 5.75 Å². The number of nitrogens with two attached hydrogens (primary N) is 1. The first-order chi connectivity index (χ1) is 8.83. The second-order valence-corrected chi connectivity index (χ2v) is 5.45. The van der Waals surface area contributed by atoms with E-state index in [4.69, 9.17) is 10.5 Å². The summed E-state index contributed by atoms with van der Waals surface area (Å²) in [4.78, 5) is 2.54. The van der Waals surface area contributed by atoms with E-state index < -0.39 is 0 Å². The van der Waals surface area contributed by atoms with E-state index in [1.165, 1.54) is 43.5 Å². The predicted octanol–water partition coefficient (Wildman–Crippen LogP) is 2.45. The molecule has 1 atom stereocenters. The quantitative estimate of drug-likeness (QED) is 0.871. The monoisotopic (exact) mass is 246 g/mol. The van der Waals surface area contributed by atoms with Crippen LogP contribution in [0.4, 0.5) is 0 Å². The Morgan fingerprint density at radius 2 is 2.06 bits per heavy atom. The van der Waals surface area contributed by atoms with Gasteiger partial charge in [-0.05, 0) is 37.6 Å². The summed E-state index contributed by atoms with van der Waals surface area (Å²) in [7, 11) is 0. The Hall–Kier alpha value is -1.06. The number of nitrogens with zero attached hydrogens (tertiary/aromatic N) is 1. The van der Waals surface area contributed by atoms with Crippen LogP contribution < -0.4 is 10.5 Å². The SMILES string of the molecule is N[C@@H]1CCOc2cc(CN3CCCCC3)ccc21. The van der Waals surface area contributed by atoms with E-state index >= 15 is 0 Å². The number of benzene rings is 1. The van der Waals surface area contributed by atoms with Gasteiger partial charge in [0.15, 0.2) is 0 Å². The van der Waals surface area contributed by atoms with E-state index in [9.17, 15) is 0 Å². The first kappa shape index (κ1) is 12.0. The van der Waals surface area contributed by atoms with Gasteiger partial charge >= 0.3 is 0 Å².